The van der Waals surface area contributed by atoms with Gasteiger partial charge in [-0.1, -0.05) is 0 Å². The van der Waals surface area contributed by atoms with Gasteiger partial charge in [0.2, 0.25) is 0 Å². The van der Waals surface area contributed by atoms with Crippen LogP contribution in [-0.2, 0) is 4.74 Å². The number of nitrogens with one attached hydrogen (secondary N) is 1. The minimum atomic E-state index is 0.660. The molecule has 1 fully saturated rings. The van der Waals surface area contributed by atoms with Gasteiger partial charge < -0.3 is 10.1 Å². The third-order valence-corrected chi connectivity index (χ3v) is 3.37. The van der Waals surface area contributed by atoms with Gasteiger partial charge >= 0.3 is 0 Å². The number of hydrogen-bond donors (Lipinski definition) is 1. The zero-order valence-electron chi connectivity index (χ0n) is 9.58. The molecule has 0 saturated heterocycles. The molecule has 1 saturated carbocycles. The van der Waals surface area contributed by atoms with Crippen molar-refractivity contribution < 1.29 is 4.74 Å². The highest BCUT2D eigenvalue weighted by Crippen LogP contribution is 2.28. The quantitative estimate of drug-likeness (QED) is 0.820. The van der Waals surface area contributed by atoms with Gasteiger partial charge in [-0.15, -0.1) is 0 Å². The van der Waals surface area contributed by atoms with Crippen molar-refractivity contribution >= 4 is 21.6 Å². The Balaban J connectivity index is 1.72. The van der Waals surface area contributed by atoms with Gasteiger partial charge in [-0.05, 0) is 52.9 Å². The Morgan fingerprint density at radius 3 is 2.94 bits per heavy atom. The SMILES string of the molecule is N#Cc1ccc(NCCOCC2CC2)c(Br)c1. The normalized spacial score (nSPS) is 14.4. The molecule has 90 valence electrons. The first-order chi connectivity index (χ1) is 8.29. The molecule has 0 aromatic heterocycles. The summed E-state index contributed by atoms with van der Waals surface area (Å²) in [5.41, 5.74) is 1.66. The average molecular weight is 295 g/mol. The summed E-state index contributed by atoms with van der Waals surface area (Å²) in [6, 6.07) is 7.63. The standard InChI is InChI=1S/C13H15BrN2O/c14-12-7-11(8-15)3-4-13(12)16-5-6-17-9-10-1-2-10/h3-4,7,10,16H,1-2,5-6,9H2. The summed E-state index contributed by atoms with van der Waals surface area (Å²) in [6.07, 6.45) is 2.66. The molecule has 0 aliphatic heterocycles. The molecule has 2 rings (SSSR count). The molecular formula is C13H15BrN2O. The summed E-state index contributed by atoms with van der Waals surface area (Å²) >= 11 is 3.44. The summed E-state index contributed by atoms with van der Waals surface area (Å²) in [5.74, 6) is 0.816. The van der Waals surface area contributed by atoms with Crippen LogP contribution < -0.4 is 5.32 Å². The molecule has 0 amide bonds. The fourth-order valence-corrected chi connectivity index (χ4v) is 2.04. The van der Waals surface area contributed by atoms with Crippen molar-refractivity contribution in [2.45, 2.75) is 12.8 Å². The summed E-state index contributed by atoms with van der Waals surface area (Å²) in [5, 5.41) is 12.0. The van der Waals surface area contributed by atoms with Crippen molar-refractivity contribution in [3.63, 3.8) is 0 Å². The van der Waals surface area contributed by atoms with Crippen LogP contribution >= 0.6 is 15.9 Å². The molecule has 0 bridgehead atoms. The lowest BCUT2D eigenvalue weighted by Gasteiger charge is -2.09. The van der Waals surface area contributed by atoms with Gasteiger partial charge in [-0.3, -0.25) is 0 Å². The first-order valence-electron chi connectivity index (χ1n) is 5.81. The van der Waals surface area contributed by atoms with Crippen molar-refractivity contribution in [1.82, 2.24) is 0 Å². The van der Waals surface area contributed by atoms with Gasteiger partial charge in [-0.2, -0.15) is 5.26 Å². The molecule has 1 aromatic carbocycles. The molecule has 0 radical (unpaired) electrons. The number of halogens is 1. The van der Waals surface area contributed by atoms with Gasteiger partial charge in [0.25, 0.3) is 0 Å². The van der Waals surface area contributed by atoms with Crippen molar-refractivity contribution in [2.75, 3.05) is 25.1 Å². The maximum absolute atomic E-state index is 8.75. The average Bonchev–Trinajstić information content (AvgIpc) is 3.14. The number of rotatable bonds is 6. The number of benzene rings is 1. The summed E-state index contributed by atoms with van der Waals surface area (Å²) < 4.78 is 6.45. The fraction of sp³-hybridized carbons (Fsp3) is 0.462. The Morgan fingerprint density at radius 1 is 1.47 bits per heavy atom. The molecule has 1 aliphatic carbocycles. The van der Waals surface area contributed by atoms with E-state index in [1.807, 2.05) is 12.1 Å². The van der Waals surface area contributed by atoms with Crippen LogP contribution in [0.3, 0.4) is 0 Å². The lowest BCUT2D eigenvalue weighted by Crippen LogP contribution is -2.10. The Labute approximate surface area is 110 Å². The van der Waals surface area contributed by atoms with Crippen LogP contribution in [0.2, 0.25) is 0 Å². The van der Waals surface area contributed by atoms with E-state index in [0.29, 0.717) is 5.56 Å². The third kappa shape index (κ3) is 4.03. The summed E-state index contributed by atoms with van der Waals surface area (Å²) in [7, 11) is 0. The van der Waals surface area contributed by atoms with Crippen LogP contribution in [-0.4, -0.2) is 19.8 Å². The van der Waals surface area contributed by atoms with E-state index in [1.54, 1.807) is 6.07 Å². The van der Waals surface area contributed by atoms with Crippen LogP contribution in [0, 0.1) is 17.2 Å². The molecule has 0 unspecified atom stereocenters. The van der Waals surface area contributed by atoms with Crippen molar-refractivity contribution in [3.05, 3.63) is 28.2 Å². The number of ether oxygens (including phenoxy) is 1. The highest BCUT2D eigenvalue weighted by Gasteiger charge is 2.20. The van der Waals surface area contributed by atoms with E-state index >= 15 is 0 Å². The van der Waals surface area contributed by atoms with E-state index in [-0.39, 0.29) is 0 Å². The van der Waals surface area contributed by atoms with Gasteiger partial charge in [0, 0.05) is 23.3 Å². The Hall–Kier alpha value is -1.05. The predicted octanol–water partition coefficient (Wildman–Crippen LogP) is 3.16. The number of anilines is 1. The number of nitrogens with zero attached hydrogens (tertiary/aromatic N) is 1. The van der Waals surface area contributed by atoms with E-state index in [9.17, 15) is 0 Å². The molecule has 1 aliphatic rings. The first kappa shape index (κ1) is 12.4. The molecule has 0 heterocycles. The first-order valence-corrected chi connectivity index (χ1v) is 6.60. The van der Waals surface area contributed by atoms with E-state index in [4.69, 9.17) is 10.00 Å². The topological polar surface area (TPSA) is 45.0 Å². The Bertz CT molecular complexity index is 424. The summed E-state index contributed by atoms with van der Waals surface area (Å²) in [6.45, 7) is 2.41. The monoisotopic (exact) mass is 294 g/mol. The van der Waals surface area contributed by atoms with Gasteiger partial charge in [0.1, 0.15) is 0 Å². The Kier molecular flexibility index (Phi) is 4.41. The lowest BCUT2D eigenvalue weighted by atomic mass is 10.2. The van der Waals surface area contributed by atoms with Crippen molar-refractivity contribution in [2.24, 2.45) is 5.92 Å². The van der Waals surface area contributed by atoms with Crippen molar-refractivity contribution in [3.8, 4) is 6.07 Å². The lowest BCUT2D eigenvalue weighted by molar-refractivity contribution is 0.134. The molecular weight excluding hydrogens is 280 g/mol. The van der Waals surface area contributed by atoms with E-state index < -0.39 is 0 Å². The molecule has 17 heavy (non-hydrogen) atoms. The molecule has 0 atom stereocenters. The predicted molar refractivity (Wildman–Crippen MR) is 70.9 cm³/mol. The maximum Gasteiger partial charge on any atom is 0.0992 e. The Morgan fingerprint density at radius 2 is 2.29 bits per heavy atom. The van der Waals surface area contributed by atoms with E-state index in [1.165, 1.54) is 12.8 Å². The summed E-state index contributed by atoms with van der Waals surface area (Å²) in [4.78, 5) is 0. The minimum absolute atomic E-state index is 0.660. The molecule has 1 aromatic rings. The van der Waals surface area contributed by atoms with Gasteiger partial charge in [0.05, 0.1) is 18.2 Å². The minimum Gasteiger partial charge on any atom is -0.382 e. The van der Waals surface area contributed by atoms with Crippen LogP contribution in [0.25, 0.3) is 0 Å². The van der Waals surface area contributed by atoms with Crippen molar-refractivity contribution in [1.29, 1.82) is 5.26 Å². The number of nitriles is 1. The fourth-order valence-electron chi connectivity index (χ4n) is 1.52. The smallest absolute Gasteiger partial charge is 0.0992 e. The molecule has 1 N–H and O–H groups in total. The van der Waals surface area contributed by atoms with E-state index in [0.717, 1.165) is 35.8 Å². The maximum atomic E-state index is 8.75. The van der Waals surface area contributed by atoms with E-state index in [2.05, 4.69) is 27.3 Å². The largest absolute Gasteiger partial charge is 0.382 e. The second-order valence-corrected chi connectivity index (χ2v) is 5.11. The van der Waals surface area contributed by atoms with Gasteiger partial charge in [-0.25, -0.2) is 0 Å². The highest BCUT2D eigenvalue weighted by molar-refractivity contribution is 9.10. The third-order valence-electron chi connectivity index (χ3n) is 2.71. The molecule has 0 spiro atoms. The van der Waals surface area contributed by atoms with Crippen LogP contribution in [0.15, 0.2) is 22.7 Å². The zero-order valence-corrected chi connectivity index (χ0v) is 11.2. The highest BCUT2D eigenvalue weighted by atomic mass is 79.9. The molecule has 3 nitrogen and oxygen atoms in total. The second kappa shape index (κ2) is 6.04. The van der Waals surface area contributed by atoms with Gasteiger partial charge in [0.15, 0.2) is 0 Å². The number of hydrogen-bond acceptors (Lipinski definition) is 3. The molecule has 4 heteroatoms. The van der Waals surface area contributed by atoms with Crippen LogP contribution in [0.4, 0.5) is 5.69 Å². The van der Waals surface area contributed by atoms with Crippen LogP contribution in [0.1, 0.15) is 18.4 Å². The zero-order chi connectivity index (χ0) is 12.1. The van der Waals surface area contributed by atoms with Crippen LogP contribution in [0.5, 0.6) is 0 Å². The second-order valence-electron chi connectivity index (χ2n) is 4.25.